The summed E-state index contributed by atoms with van der Waals surface area (Å²) in [4.78, 5) is 28.7. The Kier molecular flexibility index (Phi) is 8.20. The Morgan fingerprint density at radius 2 is 1.74 bits per heavy atom. The van der Waals surface area contributed by atoms with Gasteiger partial charge in [-0.2, -0.15) is 0 Å². The number of hydrogen-bond donors (Lipinski definition) is 2. The van der Waals surface area contributed by atoms with Gasteiger partial charge >= 0.3 is 0 Å². The summed E-state index contributed by atoms with van der Waals surface area (Å²) in [6.45, 7) is 5.29. The molecule has 0 radical (unpaired) electrons. The number of nitrogens with zero attached hydrogens (tertiary/aromatic N) is 1. The normalized spacial score (nSPS) is 10.5. The van der Waals surface area contributed by atoms with Crippen LogP contribution in [0, 0.1) is 13.8 Å². The van der Waals surface area contributed by atoms with Gasteiger partial charge in [0, 0.05) is 28.5 Å². The van der Waals surface area contributed by atoms with Crippen LogP contribution >= 0.6 is 27.3 Å². The van der Waals surface area contributed by atoms with E-state index in [1.807, 2.05) is 38.1 Å². The van der Waals surface area contributed by atoms with Gasteiger partial charge in [-0.15, -0.1) is 11.3 Å². The van der Waals surface area contributed by atoms with Crippen LogP contribution in [0.15, 0.2) is 52.3 Å². The van der Waals surface area contributed by atoms with Crippen molar-refractivity contribution in [1.82, 2.24) is 15.6 Å². The second-order valence-corrected chi connectivity index (χ2v) is 8.97. The van der Waals surface area contributed by atoms with Crippen LogP contribution in [0.3, 0.4) is 0 Å². The van der Waals surface area contributed by atoms with Crippen molar-refractivity contribution in [3.05, 3.63) is 79.7 Å². The van der Waals surface area contributed by atoms with Crippen LogP contribution in [0.2, 0.25) is 0 Å². The molecule has 1 heterocycles. The average Bonchev–Trinajstić information content (AvgIpc) is 3.20. The summed E-state index contributed by atoms with van der Waals surface area (Å²) in [7, 11) is 0. The van der Waals surface area contributed by atoms with Crippen LogP contribution < -0.4 is 15.4 Å². The number of hydrogen-bond acceptors (Lipinski definition) is 5. The number of thiazole rings is 1. The third-order valence-electron chi connectivity index (χ3n) is 4.35. The molecule has 0 saturated carbocycles. The largest absolute Gasteiger partial charge is 0.486 e. The highest BCUT2D eigenvalue weighted by atomic mass is 79.9. The van der Waals surface area contributed by atoms with Gasteiger partial charge in [0.15, 0.2) is 0 Å². The molecule has 0 aliphatic carbocycles. The molecule has 3 aromatic rings. The summed E-state index contributed by atoms with van der Waals surface area (Å²) in [6.07, 6.45) is 0.623. The van der Waals surface area contributed by atoms with Crippen LogP contribution in [-0.4, -0.2) is 29.9 Å². The third kappa shape index (κ3) is 7.18. The lowest BCUT2D eigenvalue weighted by molar-refractivity contribution is 0.0948. The van der Waals surface area contributed by atoms with Crippen LogP contribution in [0.25, 0.3) is 0 Å². The summed E-state index contributed by atoms with van der Waals surface area (Å²) in [5, 5.41) is 8.14. The van der Waals surface area contributed by atoms with Gasteiger partial charge in [0.1, 0.15) is 23.1 Å². The van der Waals surface area contributed by atoms with Crippen molar-refractivity contribution in [1.29, 1.82) is 0 Å². The van der Waals surface area contributed by atoms with E-state index in [0.717, 1.165) is 26.4 Å². The Morgan fingerprint density at radius 3 is 2.45 bits per heavy atom. The van der Waals surface area contributed by atoms with E-state index in [-0.39, 0.29) is 11.8 Å². The molecule has 0 aliphatic rings. The van der Waals surface area contributed by atoms with Crippen LogP contribution in [-0.2, 0) is 6.61 Å². The van der Waals surface area contributed by atoms with Crippen molar-refractivity contribution >= 4 is 39.1 Å². The third-order valence-corrected chi connectivity index (χ3v) is 5.67. The van der Waals surface area contributed by atoms with Crippen LogP contribution in [0.5, 0.6) is 5.75 Å². The fourth-order valence-electron chi connectivity index (χ4n) is 2.96. The first kappa shape index (κ1) is 23.0. The number of carbonyl (C=O) groups excluding carboxylic acids is 2. The lowest BCUT2D eigenvalue weighted by Crippen LogP contribution is -2.30. The predicted molar refractivity (Wildman–Crippen MR) is 126 cm³/mol. The first-order valence-corrected chi connectivity index (χ1v) is 11.6. The van der Waals surface area contributed by atoms with Gasteiger partial charge < -0.3 is 15.4 Å². The molecular weight excluding hydrogens is 478 g/mol. The molecule has 0 spiro atoms. The van der Waals surface area contributed by atoms with E-state index < -0.39 is 0 Å². The zero-order chi connectivity index (χ0) is 22.2. The monoisotopic (exact) mass is 501 g/mol. The molecule has 0 unspecified atom stereocenters. The van der Waals surface area contributed by atoms with E-state index in [0.29, 0.717) is 37.4 Å². The molecule has 0 bridgehead atoms. The molecule has 2 amide bonds. The van der Waals surface area contributed by atoms with Crippen molar-refractivity contribution in [3.63, 3.8) is 0 Å². The van der Waals surface area contributed by atoms with Gasteiger partial charge in [0.2, 0.25) is 0 Å². The fourth-order valence-corrected chi connectivity index (χ4v) is 4.04. The van der Waals surface area contributed by atoms with Gasteiger partial charge in [-0.05, 0) is 61.7 Å². The summed E-state index contributed by atoms with van der Waals surface area (Å²) in [5.41, 5.74) is 3.25. The topological polar surface area (TPSA) is 80.3 Å². The second-order valence-electron chi connectivity index (χ2n) is 7.11. The van der Waals surface area contributed by atoms with E-state index >= 15 is 0 Å². The second kappa shape index (κ2) is 11.1. The Bertz CT molecular complexity index is 1050. The molecule has 0 saturated heterocycles. The molecule has 2 aromatic carbocycles. The Balaban J connectivity index is 1.38. The number of halogens is 1. The van der Waals surface area contributed by atoms with Crippen molar-refractivity contribution in [2.45, 2.75) is 26.9 Å². The average molecular weight is 502 g/mol. The maximum atomic E-state index is 12.3. The van der Waals surface area contributed by atoms with E-state index in [1.165, 1.54) is 11.3 Å². The zero-order valence-electron chi connectivity index (χ0n) is 17.4. The summed E-state index contributed by atoms with van der Waals surface area (Å²) in [5.74, 6) is 0.427. The molecule has 0 atom stereocenters. The number of benzene rings is 2. The maximum absolute atomic E-state index is 12.3. The van der Waals surface area contributed by atoms with E-state index in [4.69, 9.17) is 4.74 Å². The van der Waals surface area contributed by atoms with E-state index in [2.05, 4.69) is 37.6 Å². The highest BCUT2D eigenvalue weighted by molar-refractivity contribution is 9.10. The summed E-state index contributed by atoms with van der Waals surface area (Å²) < 4.78 is 6.66. The zero-order valence-corrected chi connectivity index (χ0v) is 19.8. The van der Waals surface area contributed by atoms with Gasteiger partial charge in [0.05, 0.1) is 0 Å². The molecule has 0 fully saturated rings. The van der Waals surface area contributed by atoms with Crippen molar-refractivity contribution in [3.8, 4) is 5.75 Å². The number of amides is 2. The minimum absolute atomic E-state index is 0.138. The Hall–Kier alpha value is -2.71. The van der Waals surface area contributed by atoms with Gasteiger partial charge in [-0.25, -0.2) is 4.98 Å². The quantitative estimate of drug-likeness (QED) is 0.418. The number of aryl methyl sites for hydroxylation is 2. The fraction of sp³-hybridized carbons (Fsp3) is 0.261. The molecular formula is C23H24BrN3O3S. The van der Waals surface area contributed by atoms with Crippen LogP contribution in [0.4, 0.5) is 0 Å². The molecule has 1 aromatic heterocycles. The number of ether oxygens (including phenoxy) is 1. The number of nitrogens with one attached hydrogen (secondary N) is 2. The lowest BCUT2D eigenvalue weighted by atomic mass is 10.1. The molecule has 8 heteroatoms. The van der Waals surface area contributed by atoms with E-state index in [1.54, 1.807) is 17.5 Å². The molecule has 3 rings (SSSR count). The first-order valence-electron chi connectivity index (χ1n) is 9.88. The van der Waals surface area contributed by atoms with Gasteiger partial charge in [0.25, 0.3) is 11.8 Å². The predicted octanol–water partition coefficient (Wildman–Crippen LogP) is 4.65. The number of aromatic nitrogens is 1. The smallest absolute Gasteiger partial charge is 0.270 e. The van der Waals surface area contributed by atoms with Crippen molar-refractivity contribution in [2.75, 3.05) is 13.1 Å². The standard InChI is InChI=1S/C23H24BrN3O3S/c1-15-9-16(2)11-19(10-15)30-13-21-27-20(14-31-21)23(29)26-8-4-7-25-22(28)17-5-3-6-18(24)12-17/h3,5-6,9-12,14H,4,7-8,13H2,1-2H3,(H,25,28)(H,26,29). The lowest BCUT2D eigenvalue weighted by Gasteiger charge is -2.07. The molecule has 2 N–H and O–H groups in total. The highest BCUT2D eigenvalue weighted by Crippen LogP contribution is 2.19. The SMILES string of the molecule is Cc1cc(C)cc(OCc2nc(C(=O)NCCCNC(=O)c3cccc(Br)c3)cs2)c1. The van der Waals surface area contributed by atoms with Crippen molar-refractivity contribution < 1.29 is 14.3 Å². The first-order chi connectivity index (χ1) is 14.9. The van der Waals surface area contributed by atoms with Gasteiger partial charge in [-0.1, -0.05) is 28.1 Å². The molecule has 162 valence electrons. The minimum Gasteiger partial charge on any atom is -0.486 e. The number of rotatable bonds is 9. The summed E-state index contributed by atoms with van der Waals surface area (Å²) in [6, 6.07) is 13.2. The van der Waals surface area contributed by atoms with Crippen molar-refractivity contribution in [2.24, 2.45) is 0 Å². The molecule has 31 heavy (non-hydrogen) atoms. The summed E-state index contributed by atoms with van der Waals surface area (Å²) >= 11 is 4.74. The van der Waals surface area contributed by atoms with E-state index in [9.17, 15) is 9.59 Å². The van der Waals surface area contributed by atoms with Gasteiger partial charge in [-0.3, -0.25) is 9.59 Å². The number of carbonyl (C=O) groups is 2. The maximum Gasteiger partial charge on any atom is 0.270 e. The Labute approximate surface area is 194 Å². The minimum atomic E-state index is -0.229. The molecule has 6 nitrogen and oxygen atoms in total. The van der Waals surface area contributed by atoms with Crippen LogP contribution in [0.1, 0.15) is 43.4 Å². The molecule has 0 aliphatic heterocycles. The highest BCUT2D eigenvalue weighted by Gasteiger charge is 2.11. The Morgan fingerprint density at radius 1 is 1.03 bits per heavy atom.